The monoisotopic (exact) mass is 433 g/mol. The van der Waals surface area contributed by atoms with Gasteiger partial charge in [0.25, 0.3) is 11.8 Å². The Labute approximate surface area is 180 Å². The number of nitrogens with zero attached hydrogens (tertiary/aromatic N) is 3. The maximum atomic E-state index is 12.6. The van der Waals surface area contributed by atoms with Crippen LogP contribution in [0, 0.1) is 0 Å². The van der Waals surface area contributed by atoms with Gasteiger partial charge >= 0.3 is 0 Å². The first kappa shape index (κ1) is 21.1. The number of para-hydroxylation sites is 1. The van der Waals surface area contributed by atoms with Crippen LogP contribution in [0.25, 0.3) is 0 Å². The van der Waals surface area contributed by atoms with E-state index in [1.165, 1.54) is 4.90 Å². The number of carbonyl (C=O) groups excluding carboxylic acids is 3. The van der Waals surface area contributed by atoms with Crippen LogP contribution in [0.1, 0.15) is 27.1 Å². The number of halogens is 2. The number of amides is 3. The molecule has 2 aliphatic heterocycles. The Morgan fingerprint density at radius 2 is 1.41 bits per heavy atom. The van der Waals surface area contributed by atoms with Crippen LogP contribution in [0.2, 0.25) is 5.02 Å². The summed E-state index contributed by atoms with van der Waals surface area (Å²) in [5.41, 5.74) is 1.80. The molecule has 3 amide bonds. The number of hydrogen-bond donors (Lipinski definition) is 0. The third-order valence-electron chi connectivity index (χ3n) is 5.25. The lowest BCUT2D eigenvalue weighted by molar-refractivity contribution is -0.131. The molecule has 2 aliphatic rings. The van der Waals surface area contributed by atoms with Crippen molar-refractivity contribution in [3.63, 3.8) is 0 Å². The van der Waals surface area contributed by atoms with Crippen LogP contribution < -0.4 is 4.90 Å². The number of rotatable bonds is 4. The van der Waals surface area contributed by atoms with E-state index in [1.54, 1.807) is 29.2 Å². The SMILES string of the molecule is Cl.O=C(CCN1C(=O)c2ccccc2C1=O)N1CCN(c2ccccc2Cl)CC1. The van der Waals surface area contributed by atoms with Gasteiger partial charge in [0, 0.05) is 39.1 Å². The molecule has 1 saturated heterocycles. The summed E-state index contributed by atoms with van der Waals surface area (Å²) in [7, 11) is 0. The van der Waals surface area contributed by atoms with Gasteiger partial charge in [-0.05, 0) is 24.3 Å². The van der Waals surface area contributed by atoms with E-state index in [2.05, 4.69) is 4.90 Å². The fraction of sp³-hybridized carbons (Fsp3) is 0.286. The summed E-state index contributed by atoms with van der Waals surface area (Å²) in [6, 6.07) is 14.4. The predicted molar refractivity (Wildman–Crippen MR) is 114 cm³/mol. The van der Waals surface area contributed by atoms with Crippen LogP contribution >= 0.6 is 24.0 Å². The van der Waals surface area contributed by atoms with Gasteiger partial charge in [-0.25, -0.2) is 0 Å². The molecular formula is C21H21Cl2N3O3. The number of fused-ring (bicyclic) bond motifs is 1. The number of benzene rings is 2. The Hall–Kier alpha value is -2.57. The minimum absolute atomic E-state index is 0. The van der Waals surface area contributed by atoms with E-state index in [9.17, 15) is 14.4 Å². The first-order valence-electron chi connectivity index (χ1n) is 9.29. The fourth-order valence-corrected chi connectivity index (χ4v) is 3.97. The second kappa shape index (κ2) is 8.84. The fourth-order valence-electron chi connectivity index (χ4n) is 3.71. The normalized spacial score (nSPS) is 16.0. The van der Waals surface area contributed by atoms with Crippen molar-refractivity contribution in [2.45, 2.75) is 6.42 Å². The quantitative estimate of drug-likeness (QED) is 0.694. The van der Waals surface area contributed by atoms with E-state index in [0.29, 0.717) is 42.3 Å². The Morgan fingerprint density at radius 3 is 2.00 bits per heavy atom. The third kappa shape index (κ3) is 4.09. The molecule has 0 saturated carbocycles. The first-order chi connectivity index (χ1) is 13.6. The van der Waals surface area contributed by atoms with E-state index in [-0.39, 0.29) is 43.1 Å². The molecule has 8 heteroatoms. The standard InChI is InChI=1S/C21H20ClN3O3.ClH/c22-17-7-3-4-8-18(17)23-11-13-24(14-12-23)19(26)9-10-25-20(27)15-5-1-2-6-16(15)21(25)28;/h1-8H,9-14H2;1H. The average Bonchev–Trinajstić information content (AvgIpc) is 2.97. The Bertz CT molecular complexity index is 907. The number of anilines is 1. The molecular weight excluding hydrogens is 413 g/mol. The molecule has 0 unspecified atom stereocenters. The summed E-state index contributed by atoms with van der Waals surface area (Å²) in [5.74, 6) is -0.691. The first-order valence-corrected chi connectivity index (χ1v) is 9.66. The summed E-state index contributed by atoms with van der Waals surface area (Å²) in [6.07, 6.45) is 0.136. The molecule has 0 N–H and O–H groups in total. The van der Waals surface area contributed by atoms with Gasteiger partial charge < -0.3 is 9.80 Å². The van der Waals surface area contributed by atoms with Gasteiger partial charge in [0.1, 0.15) is 0 Å². The number of hydrogen-bond acceptors (Lipinski definition) is 4. The van der Waals surface area contributed by atoms with Gasteiger partial charge in [0.2, 0.25) is 5.91 Å². The van der Waals surface area contributed by atoms with Crippen LogP contribution in [-0.4, -0.2) is 60.2 Å². The van der Waals surface area contributed by atoms with Crippen molar-refractivity contribution in [1.29, 1.82) is 0 Å². The highest BCUT2D eigenvalue weighted by Crippen LogP contribution is 2.26. The maximum Gasteiger partial charge on any atom is 0.261 e. The van der Waals surface area contributed by atoms with Crippen molar-refractivity contribution in [2.24, 2.45) is 0 Å². The zero-order valence-corrected chi connectivity index (χ0v) is 17.3. The zero-order chi connectivity index (χ0) is 19.7. The van der Waals surface area contributed by atoms with E-state index in [4.69, 9.17) is 11.6 Å². The van der Waals surface area contributed by atoms with Crippen molar-refractivity contribution in [3.8, 4) is 0 Å². The molecule has 2 aromatic rings. The van der Waals surface area contributed by atoms with Gasteiger partial charge in [-0.3, -0.25) is 19.3 Å². The Balaban J connectivity index is 0.00000240. The lowest BCUT2D eigenvalue weighted by Gasteiger charge is -2.36. The number of imide groups is 1. The van der Waals surface area contributed by atoms with E-state index < -0.39 is 0 Å². The molecule has 0 aromatic heterocycles. The second-order valence-electron chi connectivity index (χ2n) is 6.88. The van der Waals surface area contributed by atoms with E-state index in [1.807, 2.05) is 24.3 Å². The molecule has 0 aliphatic carbocycles. The molecule has 4 rings (SSSR count). The van der Waals surface area contributed by atoms with Crippen molar-refractivity contribution < 1.29 is 14.4 Å². The summed E-state index contributed by atoms with van der Waals surface area (Å²) in [6.45, 7) is 2.68. The van der Waals surface area contributed by atoms with Crippen LogP contribution in [0.4, 0.5) is 5.69 Å². The Morgan fingerprint density at radius 1 is 0.862 bits per heavy atom. The Kier molecular flexibility index (Phi) is 6.45. The highest BCUT2D eigenvalue weighted by atomic mass is 35.5. The molecule has 152 valence electrons. The minimum Gasteiger partial charge on any atom is -0.367 e. The molecule has 2 heterocycles. The largest absolute Gasteiger partial charge is 0.367 e. The summed E-state index contributed by atoms with van der Waals surface area (Å²) in [4.78, 5) is 42.5. The lowest BCUT2D eigenvalue weighted by Crippen LogP contribution is -2.49. The molecule has 2 aromatic carbocycles. The van der Waals surface area contributed by atoms with Crippen molar-refractivity contribution >= 4 is 47.4 Å². The minimum atomic E-state index is -0.322. The summed E-state index contributed by atoms with van der Waals surface area (Å²) < 4.78 is 0. The topological polar surface area (TPSA) is 60.9 Å². The average molecular weight is 434 g/mol. The summed E-state index contributed by atoms with van der Waals surface area (Å²) in [5, 5.41) is 0.702. The van der Waals surface area contributed by atoms with Crippen molar-refractivity contribution in [2.75, 3.05) is 37.6 Å². The third-order valence-corrected chi connectivity index (χ3v) is 5.57. The highest BCUT2D eigenvalue weighted by molar-refractivity contribution is 6.33. The van der Waals surface area contributed by atoms with Crippen LogP contribution in [-0.2, 0) is 4.79 Å². The maximum absolute atomic E-state index is 12.6. The zero-order valence-electron chi connectivity index (χ0n) is 15.7. The molecule has 29 heavy (non-hydrogen) atoms. The number of piperazine rings is 1. The van der Waals surface area contributed by atoms with Crippen LogP contribution in [0.5, 0.6) is 0 Å². The van der Waals surface area contributed by atoms with Crippen LogP contribution in [0.15, 0.2) is 48.5 Å². The van der Waals surface area contributed by atoms with E-state index in [0.717, 1.165) is 5.69 Å². The van der Waals surface area contributed by atoms with Gasteiger partial charge in [-0.15, -0.1) is 12.4 Å². The lowest BCUT2D eigenvalue weighted by atomic mass is 10.1. The van der Waals surface area contributed by atoms with Crippen molar-refractivity contribution in [3.05, 3.63) is 64.7 Å². The highest BCUT2D eigenvalue weighted by Gasteiger charge is 2.35. The molecule has 0 radical (unpaired) electrons. The van der Waals surface area contributed by atoms with Crippen molar-refractivity contribution in [1.82, 2.24) is 9.80 Å². The summed E-state index contributed by atoms with van der Waals surface area (Å²) >= 11 is 6.25. The molecule has 0 bridgehead atoms. The second-order valence-corrected chi connectivity index (χ2v) is 7.28. The smallest absolute Gasteiger partial charge is 0.261 e. The van der Waals surface area contributed by atoms with Crippen LogP contribution in [0.3, 0.4) is 0 Å². The van der Waals surface area contributed by atoms with Gasteiger partial charge in [0.05, 0.1) is 21.8 Å². The number of carbonyl (C=O) groups is 3. The van der Waals surface area contributed by atoms with Gasteiger partial charge in [0.15, 0.2) is 0 Å². The molecule has 0 spiro atoms. The molecule has 6 nitrogen and oxygen atoms in total. The molecule has 0 atom stereocenters. The van der Waals surface area contributed by atoms with E-state index >= 15 is 0 Å². The van der Waals surface area contributed by atoms with Gasteiger partial charge in [-0.1, -0.05) is 35.9 Å². The predicted octanol–water partition coefficient (Wildman–Crippen LogP) is 3.10. The van der Waals surface area contributed by atoms with Gasteiger partial charge in [-0.2, -0.15) is 0 Å². The molecule has 1 fully saturated rings.